The van der Waals surface area contributed by atoms with Gasteiger partial charge in [0.2, 0.25) is 5.88 Å². The van der Waals surface area contributed by atoms with Crippen LogP contribution in [0.15, 0.2) is 35.6 Å². The summed E-state index contributed by atoms with van der Waals surface area (Å²) >= 11 is 0. The van der Waals surface area contributed by atoms with E-state index >= 15 is 0 Å². The number of aliphatic imine (C=N–C) groups is 1. The van der Waals surface area contributed by atoms with Gasteiger partial charge in [0, 0.05) is 18.4 Å². The van der Waals surface area contributed by atoms with Gasteiger partial charge < -0.3 is 15.2 Å². The number of ketones is 1. The summed E-state index contributed by atoms with van der Waals surface area (Å²) in [6, 6.07) is 2.13. The van der Waals surface area contributed by atoms with Crippen LogP contribution in [0, 0.1) is 5.82 Å². The van der Waals surface area contributed by atoms with Crippen LogP contribution in [-0.4, -0.2) is 53.8 Å². The van der Waals surface area contributed by atoms with Gasteiger partial charge in [0.1, 0.15) is 23.7 Å². The van der Waals surface area contributed by atoms with E-state index in [0.29, 0.717) is 0 Å². The summed E-state index contributed by atoms with van der Waals surface area (Å²) in [5.74, 6) is -1.92. The molecule has 14 heteroatoms. The Kier molecular flexibility index (Phi) is 7.26. The zero-order valence-corrected chi connectivity index (χ0v) is 17.2. The monoisotopic (exact) mass is 494 g/mol. The maximum atomic E-state index is 14.6. The molecular formula is C20H17F7N4O3. The highest BCUT2D eigenvalue weighted by Crippen LogP contribution is 2.41. The third kappa shape index (κ3) is 5.72. The Bertz CT molecular complexity index is 1060. The number of rotatable bonds is 8. The average Bonchev–Trinajstić information content (AvgIpc) is 2.78. The number of nitrogens with zero attached hydrogens (tertiary/aromatic N) is 3. The molecule has 184 valence electrons. The summed E-state index contributed by atoms with van der Waals surface area (Å²) in [7, 11) is 0. The van der Waals surface area contributed by atoms with Crippen molar-refractivity contribution in [3.8, 4) is 5.88 Å². The first-order valence-corrected chi connectivity index (χ1v) is 9.63. The van der Waals surface area contributed by atoms with Gasteiger partial charge in [-0.2, -0.15) is 13.2 Å². The predicted molar refractivity (Wildman–Crippen MR) is 103 cm³/mol. The number of hydrogen-bond acceptors (Lipinski definition) is 7. The van der Waals surface area contributed by atoms with Gasteiger partial charge in [-0.05, 0) is 17.7 Å². The van der Waals surface area contributed by atoms with Crippen molar-refractivity contribution >= 4 is 11.8 Å². The van der Waals surface area contributed by atoms with Crippen molar-refractivity contribution in [1.29, 1.82) is 0 Å². The van der Waals surface area contributed by atoms with E-state index in [2.05, 4.69) is 24.4 Å². The molecule has 0 bridgehead atoms. The first kappa shape index (κ1) is 25.2. The summed E-state index contributed by atoms with van der Waals surface area (Å²) in [5, 5.41) is 0. The average molecular weight is 494 g/mol. The van der Waals surface area contributed by atoms with Crippen LogP contribution in [0.3, 0.4) is 0 Å². The number of carbonyl (C=O) groups excluding carboxylic acids is 1. The van der Waals surface area contributed by atoms with Crippen LogP contribution in [0.25, 0.3) is 0 Å². The Labute approximate surface area is 187 Å². The lowest BCUT2D eigenvalue weighted by Gasteiger charge is -2.36. The minimum Gasteiger partial charge on any atom is -0.470 e. The first-order valence-electron chi connectivity index (χ1n) is 9.63. The Hall–Kier alpha value is -3.45. The number of carbonyl (C=O) groups is 1. The minimum absolute atomic E-state index is 0.123. The van der Waals surface area contributed by atoms with Crippen molar-refractivity contribution in [3.63, 3.8) is 0 Å². The third-order valence-electron chi connectivity index (χ3n) is 4.86. The van der Waals surface area contributed by atoms with Crippen molar-refractivity contribution in [2.75, 3.05) is 13.3 Å². The molecule has 2 atom stereocenters. The molecule has 0 fully saturated rings. The molecule has 1 aromatic heterocycles. The first-order chi connectivity index (χ1) is 15.9. The van der Waals surface area contributed by atoms with Crippen molar-refractivity contribution in [1.82, 2.24) is 9.97 Å². The standard InChI is InChI=1S/C20H17F7N4O3/c21-9-19(5-15(20(25,26)27)34-18(28)31-19)11-3-10(1-2-12(11)22)4-14(32)13-6-30-17(7-29-13)33-8-16(23)24/h1-3,6-7,15-16H,4-5,8-9H2,(H2,28,31)/t15-,19+/m0/s1. The second-order valence-corrected chi connectivity index (χ2v) is 7.32. The van der Waals surface area contributed by atoms with Gasteiger partial charge in [-0.25, -0.2) is 32.5 Å². The van der Waals surface area contributed by atoms with Crippen LogP contribution >= 0.6 is 0 Å². The van der Waals surface area contributed by atoms with E-state index in [0.717, 1.165) is 24.5 Å². The second-order valence-electron chi connectivity index (χ2n) is 7.32. The zero-order valence-electron chi connectivity index (χ0n) is 17.2. The number of Topliss-reactive ketones (excluding diaryl/α,β-unsaturated/α-hetero) is 1. The van der Waals surface area contributed by atoms with E-state index in [4.69, 9.17) is 5.73 Å². The van der Waals surface area contributed by atoms with Crippen LogP contribution in [0.2, 0.25) is 0 Å². The molecular weight excluding hydrogens is 477 g/mol. The molecule has 3 rings (SSSR count). The number of amidine groups is 1. The fourth-order valence-electron chi connectivity index (χ4n) is 3.28. The number of benzene rings is 1. The number of nitrogens with two attached hydrogens (primary N) is 1. The van der Waals surface area contributed by atoms with Gasteiger partial charge in [-0.1, -0.05) is 6.07 Å². The van der Waals surface area contributed by atoms with Crippen molar-refractivity contribution < 1.29 is 45.0 Å². The summed E-state index contributed by atoms with van der Waals surface area (Å²) < 4.78 is 102. The summed E-state index contributed by atoms with van der Waals surface area (Å²) in [5.41, 5.74) is 2.43. The van der Waals surface area contributed by atoms with Crippen LogP contribution in [-0.2, 0) is 16.7 Å². The quantitative estimate of drug-likeness (QED) is 0.446. The SMILES string of the molecule is NC1=N[C@](CF)(c2cc(CC(=O)c3cnc(OCC(F)F)cn3)ccc2F)C[C@@H](C(F)(F)F)O1. The molecule has 1 aliphatic rings. The molecule has 0 spiro atoms. The highest BCUT2D eigenvalue weighted by atomic mass is 19.4. The lowest BCUT2D eigenvalue weighted by Crippen LogP contribution is -2.48. The van der Waals surface area contributed by atoms with Crippen molar-refractivity contribution in [2.24, 2.45) is 10.7 Å². The summed E-state index contributed by atoms with van der Waals surface area (Å²) in [4.78, 5) is 23.6. The molecule has 0 radical (unpaired) electrons. The fraction of sp³-hybridized carbons (Fsp3) is 0.400. The van der Waals surface area contributed by atoms with Gasteiger partial charge in [0.15, 0.2) is 18.5 Å². The maximum Gasteiger partial charge on any atom is 0.425 e. The van der Waals surface area contributed by atoms with E-state index in [1.807, 2.05) is 0 Å². The molecule has 1 aliphatic heterocycles. The smallest absolute Gasteiger partial charge is 0.425 e. The summed E-state index contributed by atoms with van der Waals surface area (Å²) in [6.07, 6.45) is -9.67. The lowest BCUT2D eigenvalue weighted by molar-refractivity contribution is -0.209. The van der Waals surface area contributed by atoms with Crippen LogP contribution in [0.5, 0.6) is 5.88 Å². The van der Waals surface area contributed by atoms with E-state index in [1.54, 1.807) is 0 Å². The van der Waals surface area contributed by atoms with Crippen molar-refractivity contribution in [3.05, 3.63) is 53.2 Å². The molecule has 0 amide bonds. The second kappa shape index (κ2) is 9.81. The number of hydrogen-bond donors (Lipinski definition) is 1. The van der Waals surface area contributed by atoms with Crippen LogP contribution in [0.1, 0.15) is 28.0 Å². The number of halogens is 7. The zero-order chi connectivity index (χ0) is 25.1. The highest BCUT2D eigenvalue weighted by Gasteiger charge is 2.52. The molecule has 1 aromatic carbocycles. The molecule has 0 saturated carbocycles. The molecule has 2 N–H and O–H groups in total. The third-order valence-corrected chi connectivity index (χ3v) is 4.86. The molecule has 2 aromatic rings. The minimum atomic E-state index is -4.91. The van der Waals surface area contributed by atoms with Gasteiger partial charge in [-0.15, -0.1) is 0 Å². The number of ether oxygens (including phenoxy) is 2. The Balaban J connectivity index is 1.84. The molecule has 2 heterocycles. The Morgan fingerprint density at radius 1 is 1.26 bits per heavy atom. The molecule has 34 heavy (non-hydrogen) atoms. The predicted octanol–water partition coefficient (Wildman–Crippen LogP) is 3.52. The van der Waals surface area contributed by atoms with Gasteiger partial charge >= 0.3 is 6.18 Å². The van der Waals surface area contributed by atoms with Crippen LogP contribution in [0.4, 0.5) is 30.7 Å². The lowest BCUT2D eigenvalue weighted by atomic mass is 9.83. The molecule has 0 aliphatic carbocycles. The molecule has 0 saturated heterocycles. The number of alkyl halides is 6. The Morgan fingerprint density at radius 2 is 2.00 bits per heavy atom. The number of aromatic nitrogens is 2. The Morgan fingerprint density at radius 3 is 2.59 bits per heavy atom. The van der Waals surface area contributed by atoms with Gasteiger partial charge in [0.25, 0.3) is 12.4 Å². The van der Waals surface area contributed by atoms with Gasteiger partial charge in [-0.3, -0.25) is 4.79 Å². The molecule has 0 unspecified atom stereocenters. The highest BCUT2D eigenvalue weighted by molar-refractivity contribution is 5.95. The van der Waals surface area contributed by atoms with Gasteiger partial charge in [0.05, 0.1) is 12.4 Å². The topological polar surface area (TPSA) is 99.7 Å². The van der Waals surface area contributed by atoms with E-state index in [-0.39, 0.29) is 17.1 Å². The largest absolute Gasteiger partial charge is 0.470 e. The van der Waals surface area contributed by atoms with E-state index in [1.165, 1.54) is 6.07 Å². The normalized spacial score (nSPS) is 20.6. The van der Waals surface area contributed by atoms with E-state index in [9.17, 15) is 35.5 Å². The fourth-order valence-corrected chi connectivity index (χ4v) is 3.28. The molecule has 7 nitrogen and oxygen atoms in total. The van der Waals surface area contributed by atoms with E-state index < -0.39 is 73.6 Å². The maximum absolute atomic E-state index is 14.6. The van der Waals surface area contributed by atoms with Crippen LogP contribution < -0.4 is 10.5 Å². The van der Waals surface area contributed by atoms with Crippen molar-refractivity contribution in [2.45, 2.75) is 37.1 Å². The summed E-state index contributed by atoms with van der Waals surface area (Å²) in [6.45, 7) is -2.42.